The van der Waals surface area contributed by atoms with Gasteiger partial charge in [-0.15, -0.1) is 0 Å². The first-order chi connectivity index (χ1) is 5.64. The lowest BCUT2D eigenvalue weighted by molar-refractivity contribution is 0.0361. The van der Waals surface area contributed by atoms with Gasteiger partial charge in [0.05, 0.1) is 0 Å². The number of aromatic nitrogens is 1. The number of hydrogen-bond donors (Lipinski definition) is 1. The molecule has 1 N–H and O–H groups in total. The number of halogens is 2. The quantitative estimate of drug-likeness (QED) is 0.739. The van der Waals surface area contributed by atoms with Crippen LogP contribution >= 0.6 is 11.8 Å². The highest BCUT2D eigenvalue weighted by atomic mass is 32.2. The van der Waals surface area contributed by atoms with Crippen molar-refractivity contribution in [2.24, 2.45) is 0 Å². The maximum absolute atomic E-state index is 12.5. The van der Waals surface area contributed by atoms with Gasteiger partial charge in [0.1, 0.15) is 11.6 Å². The van der Waals surface area contributed by atoms with Crippen LogP contribution < -0.4 is 0 Å². The smallest absolute Gasteiger partial charge is 0.322 e. The second-order valence-electron chi connectivity index (χ2n) is 2.07. The molecule has 0 aliphatic heterocycles. The van der Waals surface area contributed by atoms with Gasteiger partial charge in [-0.25, -0.2) is 4.98 Å². The number of alkyl halides is 2. The van der Waals surface area contributed by atoms with Gasteiger partial charge in [-0.05, 0) is 23.9 Å². The van der Waals surface area contributed by atoms with Crippen molar-refractivity contribution in [3.8, 4) is 0 Å². The fourth-order valence-corrected chi connectivity index (χ4v) is 1.22. The average Bonchev–Trinajstić information content (AvgIpc) is 2.06. The van der Waals surface area contributed by atoms with Gasteiger partial charge >= 0.3 is 5.25 Å². The summed E-state index contributed by atoms with van der Waals surface area (Å²) >= 11 is 0.251. The van der Waals surface area contributed by atoms with E-state index >= 15 is 0 Å². The molecule has 0 spiro atoms. The largest absolute Gasteiger partial charge is 0.389 e. The van der Waals surface area contributed by atoms with Crippen molar-refractivity contribution in [2.75, 3.05) is 6.61 Å². The van der Waals surface area contributed by atoms with Gasteiger partial charge in [0.25, 0.3) is 0 Å². The maximum atomic E-state index is 12.5. The molecule has 0 unspecified atom stereocenters. The van der Waals surface area contributed by atoms with Crippen LogP contribution in [0.1, 0.15) is 0 Å². The monoisotopic (exact) mass is 191 g/mol. The molecule has 2 nitrogen and oxygen atoms in total. The van der Waals surface area contributed by atoms with E-state index in [0.717, 1.165) is 0 Å². The van der Waals surface area contributed by atoms with Crippen molar-refractivity contribution in [3.63, 3.8) is 0 Å². The molecule has 12 heavy (non-hydrogen) atoms. The van der Waals surface area contributed by atoms with Gasteiger partial charge < -0.3 is 5.11 Å². The topological polar surface area (TPSA) is 33.1 Å². The molecule has 0 aliphatic carbocycles. The van der Waals surface area contributed by atoms with Crippen LogP contribution in [0, 0.1) is 0 Å². The van der Waals surface area contributed by atoms with Gasteiger partial charge in [0.15, 0.2) is 0 Å². The Labute approximate surface area is 72.6 Å². The third kappa shape index (κ3) is 2.75. The number of aliphatic hydroxyl groups is 1. The number of pyridine rings is 1. The first kappa shape index (κ1) is 9.41. The molecule has 0 radical (unpaired) electrons. The van der Waals surface area contributed by atoms with E-state index in [1.165, 1.54) is 12.3 Å². The standard InChI is InChI=1S/C7H7F2NOS/c8-7(9,5-11)12-6-3-1-2-4-10-6/h1-4,11H,5H2. The molecule has 66 valence electrons. The van der Waals surface area contributed by atoms with E-state index in [4.69, 9.17) is 5.11 Å². The molecule has 1 heterocycles. The van der Waals surface area contributed by atoms with Crippen LogP contribution in [-0.2, 0) is 0 Å². The van der Waals surface area contributed by atoms with Crippen LogP contribution in [0.15, 0.2) is 29.4 Å². The molecule has 5 heteroatoms. The molecule has 0 saturated carbocycles. The van der Waals surface area contributed by atoms with Crippen molar-refractivity contribution >= 4 is 11.8 Å². The zero-order valence-corrected chi connectivity index (χ0v) is 6.89. The summed E-state index contributed by atoms with van der Waals surface area (Å²) in [6.07, 6.45) is 1.43. The van der Waals surface area contributed by atoms with E-state index in [-0.39, 0.29) is 16.8 Å². The molecule has 0 amide bonds. The summed E-state index contributed by atoms with van der Waals surface area (Å²) in [7, 11) is 0. The van der Waals surface area contributed by atoms with E-state index in [2.05, 4.69) is 4.98 Å². The van der Waals surface area contributed by atoms with E-state index in [1.807, 2.05) is 0 Å². The summed E-state index contributed by atoms with van der Waals surface area (Å²) in [6, 6.07) is 4.72. The van der Waals surface area contributed by atoms with Gasteiger partial charge in [-0.2, -0.15) is 8.78 Å². The Kier molecular flexibility index (Phi) is 2.99. The minimum atomic E-state index is -3.14. The minimum absolute atomic E-state index is 0.205. The van der Waals surface area contributed by atoms with Crippen molar-refractivity contribution in [1.29, 1.82) is 0 Å². The molecule has 1 aromatic rings. The number of nitrogens with zero attached hydrogens (tertiary/aromatic N) is 1. The van der Waals surface area contributed by atoms with Gasteiger partial charge in [-0.1, -0.05) is 6.07 Å². The van der Waals surface area contributed by atoms with Gasteiger partial charge in [0.2, 0.25) is 0 Å². The van der Waals surface area contributed by atoms with E-state index in [0.29, 0.717) is 0 Å². The summed E-state index contributed by atoms with van der Waals surface area (Å²) < 4.78 is 25.0. The van der Waals surface area contributed by atoms with Crippen molar-refractivity contribution in [3.05, 3.63) is 24.4 Å². The fraction of sp³-hybridized carbons (Fsp3) is 0.286. The van der Waals surface area contributed by atoms with E-state index < -0.39 is 11.9 Å². The van der Waals surface area contributed by atoms with E-state index in [1.54, 1.807) is 12.1 Å². The lowest BCUT2D eigenvalue weighted by atomic mass is 10.5. The third-order valence-corrected chi connectivity index (χ3v) is 1.95. The lowest BCUT2D eigenvalue weighted by Gasteiger charge is -2.10. The predicted molar refractivity (Wildman–Crippen MR) is 42.1 cm³/mol. The molecule has 0 aliphatic rings. The van der Waals surface area contributed by atoms with Gasteiger partial charge in [0, 0.05) is 6.20 Å². The normalized spacial score (nSPS) is 11.6. The Morgan fingerprint density at radius 2 is 2.25 bits per heavy atom. The second-order valence-corrected chi connectivity index (χ2v) is 3.29. The summed E-state index contributed by atoms with van der Waals surface area (Å²) in [5.74, 6) is 0. The maximum Gasteiger partial charge on any atom is 0.322 e. The summed E-state index contributed by atoms with van der Waals surface area (Å²) in [4.78, 5) is 3.68. The molecule has 0 atom stereocenters. The third-order valence-electron chi connectivity index (χ3n) is 1.08. The minimum Gasteiger partial charge on any atom is -0.389 e. The van der Waals surface area contributed by atoms with Crippen molar-refractivity contribution in [1.82, 2.24) is 4.98 Å². The zero-order valence-electron chi connectivity index (χ0n) is 6.08. The van der Waals surface area contributed by atoms with Crippen LogP contribution in [0.2, 0.25) is 0 Å². The van der Waals surface area contributed by atoms with Crippen LogP contribution in [0.5, 0.6) is 0 Å². The van der Waals surface area contributed by atoms with Crippen LogP contribution in [0.25, 0.3) is 0 Å². The highest BCUT2D eigenvalue weighted by molar-refractivity contribution is 8.00. The fourth-order valence-electron chi connectivity index (χ4n) is 0.593. The molecule has 1 rings (SSSR count). The summed E-state index contributed by atoms with van der Waals surface area (Å²) in [5, 5.41) is 5.32. The SMILES string of the molecule is OCC(F)(F)Sc1ccccn1. The van der Waals surface area contributed by atoms with Crippen LogP contribution in [0.4, 0.5) is 8.78 Å². The van der Waals surface area contributed by atoms with Crippen molar-refractivity contribution in [2.45, 2.75) is 10.3 Å². The highest BCUT2D eigenvalue weighted by Crippen LogP contribution is 2.33. The predicted octanol–water partition coefficient (Wildman–Crippen LogP) is 1.76. The average molecular weight is 191 g/mol. The number of hydrogen-bond acceptors (Lipinski definition) is 3. The lowest BCUT2D eigenvalue weighted by Crippen LogP contribution is -2.15. The van der Waals surface area contributed by atoms with Crippen LogP contribution in [0.3, 0.4) is 0 Å². The molecule has 1 aromatic heterocycles. The number of thioether (sulfide) groups is 1. The zero-order chi connectivity index (χ0) is 9.03. The molecular weight excluding hydrogens is 184 g/mol. The Morgan fingerprint density at radius 1 is 1.50 bits per heavy atom. The number of rotatable bonds is 3. The van der Waals surface area contributed by atoms with E-state index in [9.17, 15) is 8.78 Å². The summed E-state index contributed by atoms with van der Waals surface area (Å²) in [5.41, 5.74) is 0. The summed E-state index contributed by atoms with van der Waals surface area (Å²) in [6.45, 7) is -1.17. The van der Waals surface area contributed by atoms with Crippen molar-refractivity contribution < 1.29 is 13.9 Å². The molecule has 0 saturated heterocycles. The molecule has 0 aromatic carbocycles. The Morgan fingerprint density at radius 3 is 2.75 bits per heavy atom. The number of aliphatic hydroxyl groups excluding tert-OH is 1. The Balaban J connectivity index is 2.64. The van der Waals surface area contributed by atoms with Gasteiger partial charge in [-0.3, -0.25) is 0 Å². The second kappa shape index (κ2) is 3.82. The molecule has 0 fully saturated rings. The highest BCUT2D eigenvalue weighted by Gasteiger charge is 2.29. The Hall–Kier alpha value is -0.680. The molecular formula is C7H7F2NOS. The first-order valence-electron chi connectivity index (χ1n) is 3.23. The molecule has 0 bridgehead atoms. The Bertz CT molecular complexity index is 242. The first-order valence-corrected chi connectivity index (χ1v) is 4.04. The van der Waals surface area contributed by atoms with Crippen LogP contribution in [-0.4, -0.2) is 22.0 Å².